The van der Waals surface area contributed by atoms with Crippen molar-refractivity contribution in [3.05, 3.63) is 39.6 Å². The Morgan fingerprint density at radius 2 is 2.38 bits per heavy atom. The molecule has 0 N–H and O–H groups in total. The van der Waals surface area contributed by atoms with Crippen LogP contribution < -0.4 is 0 Å². The van der Waals surface area contributed by atoms with Crippen LogP contribution in [0.15, 0.2) is 23.5 Å². The number of rotatable bonds is 2. The number of nitrogens with zero attached hydrogens (tertiary/aromatic N) is 3. The van der Waals surface area contributed by atoms with E-state index in [9.17, 15) is 9.70 Å². The van der Waals surface area contributed by atoms with Crippen LogP contribution in [-0.2, 0) is 6.42 Å². The van der Waals surface area contributed by atoms with E-state index in [4.69, 9.17) is 11.6 Å². The van der Waals surface area contributed by atoms with Crippen molar-refractivity contribution >= 4 is 23.2 Å². The Morgan fingerprint density at radius 3 is 3.00 bits per heavy atom. The van der Waals surface area contributed by atoms with Crippen LogP contribution in [-0.4, -0.2) is 15.3 Å². The molecule has 0 fully saturated rings. The van der Waals surface area contributed by atoms with Crippen molar-refractivity contribution in [1.29, 1.82) is 0 Å². The fourth-order valence-corrected chi connectivity index (χ4v) is 1.74. The summed E-state index contributed by atoms with van der Waals surface area (Å²) in [5.74, 6) is -0.813. The summed E-state index contributed by atoms with van der Waals surface area (Å²) in [7, 11) is 0. The van der Waals surface area contributed by atoms with Gasteiger partial charge in [-0.05, 0) is 12.5 Å². The lowest BCUT2D eigenvalue weighted by molar-refractivity contribution is 0.0994. The molecule has 2 aromatic rings. The van der Waals surface area contributed by atoms with Crippen LogP contribution in [0.3, 0.4) is 0 Å². The quantitative estimate of drug-likeness (QED) is 0.754. The normalized spacial score (nSPS) is 10.6. The fraction of sp³-hybridized carbons (Fsp3) is 0.200. The molecule has 0 aliphatic heterocycles. The van der Waals surface area contributed by atoms with Gasteiger partial charge in [0.2, 0.25) is 0 Å². The number of fused-ring (bicyclic) bond motifs is 1. The van der Waals surface area contributed by atoms with Gasteiger partial charge in [0.1, 0.15) is 11.3 Å². The number of nitroso groups, excluding NO2 is 1. The van der Waals surface area contributed by atoms with Gasteiger partial charge in [-0.1, -0.05) is 18.5 Å². The number of hydrogen-bond acceptors (Lipinski definition) is 3. The van der Waals surface area contributed by atoms with Crippen molar-refractivity contribution in [2.45, 2.75) is 13.3 Å². The number of halogens is 1. The second-order valence-corrected chi connectivity index (χ2v) is 3.67. The number of carbonyl (C=O) groups is 1. The first-order valence-corrected chi connectivity index (χ1v) is 5.09. The maximum atomic E-state index is 11.4. The number of hydrogen-bond donors (Lipinski definition) is 0. The fourth-order valence-electron chi connectivity index (χ4n) is 1.58. The number of imidazole rings is 1. The zero-order valence-electron chi connectivity index (χ0n) is 8.48. The van der Waals surface area contributed by atoms with Crippen molar-refractivity contribution in [2.75, 3.05) is 0 Å². The molecule has 16 heavy (non-hydrogen) atoms. The summed E-state index contributed by atoms with van der Waals surface area (Å²) in [4.78, 5) is 25.9. The van der Waals surface area contributed by atoms with Crippen molar-refractivity contribution in [3.8, 4) is 0 Å². The highest BCUT2D eigenvalue weighted by Crippen LogP contribution is 2.18. The van der Waals surface area contributed by atoms with E-state index >= 15 is 0 Å². The zero-order valence-corrected chi connectivity index (χ0v) is 9.23. The largest absolute Gasteiger partial charge is 0.335 e. The molecule has 0 aromatic carbocycles. The average molecular weight is 238 g/mol. The molecular formula is C10H8ClN3O2. The van der Waals surface area contributed by atoms with E-state index in [1.54, 1.807) is 18.3 Å². The van der Waals surface area contributed by atoms with Crippen LogP contribution in [0.2, 0.25) is 5.02 Å². The summed E-state index contributed by atoms with van der Waals surface area (Å²) in [6, 6.07) is 3.25. The molecule has 0 radical (unpaired) electrons. The third kappa shape index (κ3) is 1.59. The molecule has 2 rings (SSSR count). The Hall–Kier alpha value is -1.75. The number of pyridine rings is 1. The van der Waals surface area contributed by atoms with Crippen LogP contribution in [0.1, 0.15) is 23.1 Å². The highest BCUT2D eigenvalue weighted by atomic mass is 35.5. The minimum absolute atomic E-state index is 0.212. The van der Waals surface area contributed by atoms with Crippen molar-refractivity contribution in [3.63, 3.8) is 0 Å². The SMILES string of the molecule is CCc1nc2cc(Cl)ccn2c1C(=O)N=O. The molecule has 6 heteroatoms. The highest BCUT2D eigenvalue weighted by molar-refractivity contribution is 6.30. The van der Waals surface area contributed by atoms with Crippen LogP contribution in [0.5, 0.6) is 0 Å². The molecule has 2 aromatic heterocycles. The van der Waals surface area contributed by atoms with E-state index in [1.165, 1.54) is 4.40 Å². The van der Waals surface area contributed by atoms with Crippen molar-refractivity contribution in [2.24, 2.45) is 5.18 Å². The van der Waals surface area contributed by atoms with Gasteiger partial charge in [-0.2, -0.15) is 0 Å². The number of amides is 1. The zero-order chi connectivity index (χ0) is 11.7. The maximum absolute atomic E-state index is 11.4. The van der Waals surface area contributed by atoms with Gasteiger partial charge in [0, 0.05) is 22.5 Å². The predicted molar refractivity (Wildman–Crippen MR) is 59.7 cm³/mol. The van der Waals surface area contributed by atoms with Gasteiger partial charge in [0.15, 0.2) is 0 Å². The molecule has 82 valence electrons. The van der Waals surface area contributed by atoms with Gasteiger partial charge in [-0.25, -0.2) is 4.98 Å². The maximum Gasteiger partial charge on any atom is 0.335 e. The first-order valence-electron chi connectivity index (χ1n) is 4.71. The monoisotopic (exact) mass is 237 g/mol. The molecule has 0 saturated heterocycles. The van der Waals surface area contributed by atoms with Crippen LogP contribution >= 0.6 is 11.6 Å². The van der Waals surface area contributed by atoms with E-state index < -0.39 is 5.91 Å². The van der Waals surface area contributed by atoms with Crippen molar-refractivity contribution in [1.82, 2.24) is 9.38 Å². The lowest BCUT2D eigenvalue weighted by Gasteiger charge is -1.97. The van der Waals surface area contributed by atoms with E-state index in [1.807, 2.05) is 6.92 Å². The Kier molecular flexibility index (Phi) is 2.70. The molecule has 0 bridgehead atoms. The van der Waals surface area contributed by atoms with Crippen LogP contribution in [0, 0.1) is 4.91 Å². The molecule has 0 aliphatic rings. The first kappa shape index (κ1) is 10.8. The van der Waals surface area contributed by atoms with Gasteiger partial charge in [-0.3, -0.25) is 9.20 Å². The Bertz CT molecular complexity index is 577. The van der Waals surface area contributed by atoms with E-state index in [-0.39, 0.29) is 5.69 Å². The molecule has 1 amide bonds. The third-order valence-electron chi connectivity index (χ3n) is 2.28. The average Bonchev–Trinajstić information content (AvgIpc) is 2.65. The summed E-state index contributed by atoms with van der Waals surface area (Å²) in [5.41, 5.74) is 1.30. The van der Waals surface area contributed by atoms with Gasteiger partial charge in [0.05, 0.1) is 5.69 Å². The summed E-state index contributed by atoms with van der Waals surface area (Å²) in [5, 5.41) is 2.96. The molecular weight excluding hydrogens is 230 g/mol. The smallest absolute Gasteiger partial charge is 0.295 e. The molecule has 0 atom stereocenters. The van der Waals surface area contributed by atoms with Gasteiger partial charge < -0.3 is 0 Å². The highest BCUT2D eigenvalue weighted by Gasteiger charge is 2.18. The molecule has 5 nitrogen and oxygen atoms in total. The first-order chi connectivity index (χ1) is 7.67. The van der Waals surface area contributed by atoms with Gasteiger partial charge in [-0.15, -0.1) is 4.91 Å². The Labute approximate surface area is 96.0 Å². The Morgan fingerprint density at radius 1 is 1.62 bits per heavy atom. The van der Waals surface area contributed by atoms with Gasteiger partial charge in [0.25, 0.3) is 0 Å². The summed E-state index contributed by atoms with van der Waals surface area (Å²) in [6.07, 6.45) is 2.15. The second kappa shape index (κ2) is 4.02. The van der Waals surface area contributed by atoms with E-state index in [0.717, 1.165) is 0 Å². The molecule has 0 aliphatic carbocycles. The number of carbonyl (C=O) groups excluding carboxylic acids is 1. The third-order valence-corrected chi connectivity index (χ3v) is 2.52. The van der Waals surface area contributed by atoms with Crippen molar-refractivity contribution < 1.29 is 4.79 Å². The second-order valence-electron chi connectivity index (χ2n) is 3.23. The van der Waals surface area contributed by atoms with E-state index in [0.29, 0.717) is 22.8 Å². The van der Waals surface area contributed by atoms with Gasteiger partial charge >= 0.3 is 5.91 Å². The summed E-state index contributed by atoms with van der Waals surface area (Å²) >= 11 is 5.81. The topological polar surface area (TPSA) is 63.8 Å². The predicted octanol–water partition coefficient (Wildman–Crippen LogP) is 2.46. The van der Waals surface area contributed by atoms with E-state index in [2.05, 4.69) is 10.2 Å². The number of aromatic nitrogens is 2. The molecule has 0 spiro atoms. The van der Waals surface area contributed by atoms with Crippen LogP contribution in [0.25, 0.3) is 5.65 Å². The minimum Gasteiger partial charge on any atom is -0.295 e. The lowest BCUT2D eigenvalue weighted by Crippen LogP contribution is -2.02. The summed E-state index contributed by atoms with van der Waals surface area (Å²) in [6.45, 7) is 1.85. The molecule has 0 saturated carbocycles. The Balaban J connectivity index is 2.78. The summed E-state index contributed by atoms with van der Waals surface area (Å²) < 4.78 is 1.52. The number of aryl methyl sites for hydroxylation is 1. The molecule has 2 heterocycles. The molecule has 0 unspecified atom stereocenters. The lowest BCUT2D eigenvalue weighted by atomic mass is 10.2. The minimum atomic E-state index is -0.813. The standard InChI is InChI=1S/C10H8ClN3O2/c1-2-7-9(10(15)13-16)14-4-3-6(11)5-8(14)12-7/h3-5H,2H2,1H3. The van der Waals surface area contributed by atoms with Crippen LogP contribution in [0.4, 0.5) is 0 Å².